The first kappa shape index (κ1) is 23.4. The normalized spacial score (nSPS) is 11.8. The van der Waals surface area contributed by atoms with Crippen LogP contribution in [-0.2, 0) is 14.1 Å². The van der Waals surface area contributed by atoms with Gasteiger partial charge in [-0.05, 0) is 84.9 Å². The molecule has 0 fully saturated rings. The van der Waals surface area contributed by atoms with E-state index < -0.39 is 7.26 Å². The predicted octanol–water partition coefficient (Wildman–Crippen LogP) is 5.31. The lowest BCUT2D eigenvalue weighted by Gasteiger charge is -2.29. The first-order chi connectivity index (χ1) is 18.1. The minimum atomic E-state index is -2.37. The van der Waals surface area contributed by atoms with Gasteiger partial charge in [0.15, 0.2) is 0 Å². The molecule has 0 unspecified atom stereocenters. The lowest BCUT2D eigenvalue weighted by atomic mass is 10.2. The van der Waals surface area contributed by atoms with Gasteiger partial charge in [-0.1, -0.05) is 12.1 Å². The minimum absolute atomic E-state index is 0.854. The minimum Gasteiger partial charge on any atom is -0.497 e. The number of benzene rings is 4. The molecule has 0 aliphatic carbocycles. The highest BCUT2D eigenvalue weighted by molar-refractivity contribution is 8.02. The number of ether oxygens (including phenoxy) is 2. The predicted molar refractivity (Wildman–Crippen MR) is 157 cm³/mol. The van der Waals surface area contributed by atoms with Crippen LogP contribution in [0.1, 0.15) is 0 Å². The molecule has 2 heterocycles. The molecule has 0 amide bonds. The van der Waals surface area contributed by atoms with Gasteiger partial charge in [0.2, 0.25) is 0 Å². The van der Waals surface area contributed by atoms with E-state index in [1.165, 1.54) is 43.0 Å². The summed E-state index contributed by atoms with van der Waals surface area (Å²) in [6, 6.07) is 35.3. The van der Waals surface area contributed by atoms with Crippen LogP contribution >= 0.6 is 7.26 Å². The zero-order valence-electron chi connectivity index (χ0n) is 21.6. The maximum Gasteiger partial charge on any atom is 0.145 e. The van der Waals surface area contributed by atoms with Crippen molar-refractivity contribution in [1.29, 1.82) is 0 Å². The third-order valence-electron chi connectivity index (χ3n) is 7.45. The second-order valence-corrected chi connectivity index (χ2v) is 12.7. The van der Waals surface area contributed by atoms with Crippen LogP contribution in [0.5, 0.6) is 11.5 Å². The summed E-state index contributed by atoms with van der Waals surface area (Å²) in [4.78, 5) is 0. The molecule has 0 spiro atoms. The van der Waals surface area contributed by atoms with E-state index in [4.69, 9.17) is 9.47 Å². The molecule has 0 atom stereocenters. The fourth-order valence-corrected chi connectivity index (χ4v) is 10.2. The van der Waals surface area contributed by atoms with Crippen molar-refractivity contribution in [2.45, 2.75) is 0 Å². The Labute approximate surface area is 218 Å². The Hall–Kier alpha value is -4.01. The lowest BCUT2D eigenvalue weighted by molar-refractivity contribution is 0.415. The van der Waals surface area contributed by atoms with Gasteiger partial charge in [-0.15, -0.1) is 0 Å². The lowest BCUT2D eigenvalue weighted by Crippen LogP contribution is -2.39. The van der Waals surface area contributed by atoms with Crippen LogP contribution in [0.4, 0.5) is 0 Å². The van der Waals surface area contributed by atoms with Gasteiger partial charge in [-0.25, -0.2) is 0 Å². The van der Waals surface area contributed by atoms with Crippen molar-refractivity contribution in [3.8, 4) is 11.5 Å². The van der Waals surface area contributed by atoms with E-state index in [0.717, 1.165) is 11.5 Å². The summed E-state index contributed by atoms with van der Waals surface area (Å²) < 4.78 is 15.5. The highest BCUT2D eigenvalue weighted by atomic mass is 31.2. The van der Waals surface area contributed by atoms with Gasteiger partial charge >= 0.3 is 0 Å². The number of aryl methyl sites for hydroxylation is 2. The Balaban J connectivity index is 1.82. The number of methoxy groups -OCH3 is 2. The fraction of sp³-hybridized carbons (Fsp3) is 0.125. The van der Waals surface area contributed by atoms with Gasteiger partial charge in [0.25, 0.3) is 0 Å². The molecule has 4 nitrogen and oxygen atoms in total. The fourth-order valence-electron chi connectivity index (χ4n) is 5.60. The van der Waals surface area contributed by atoms with Crippen molar-refractivity contribution in [2.75, 3.05) is 14.2 Å². The quantitative estimate of drug-likeness (QED) is 0.287. The molecule has 6 rings (SSSR count). The SMILES string of the molecule is COc1ccc([P+](c2ccc(OC)cc2)(c2cccc3c2ccn3C)c2cccc3c2ccn3C)cc1. The molecule has 5 heteroatoms. The molecule has 0 radical (unpaired) electrons. The number of fused-ring (bicyclic) bond motifs is 2. The molecule has 6 aromatic rings. The van der Waals surface area contributed by atoms with Crippen LogP contribution in [0.15, 0.2) is 109 Å². The third-order valence-corrected chi connectivity index (χ3v) is 11.8. The summed E-state index contributed by atoms with van der Waals surface area (Å²) >= 11 is 0. The van der Waals surface area contributed by atoms with Crippen LogP contribution in [0.3, 0.4) is 0 Å². The Morgan fingerprint density at radius 3 is 1.30 bits per heavy atom. The summed E-state index contributed by atoms with van der Waals surface area (Å²) in [6.45, 7) is 0. The largest absolute Gasteiger partial charge is 0.497 e. The van der Waals surface area contributed by atoms with Crippen molar-refractivity contribution in [1.82, 2.24) is 9.13 Å². The van der Waals surface area contributed by atoms with Crippen LogP contribution in [0.25, 0.3) is 21.8 Å². The van der Waals surface area contributed by atoms with E-state index in [1.807, 2.05) is 0 Å². The third kappa shape index (κ3) is 3.55. The van der Waals surface area contributed by atoms with E-state index in [0.29, 0.717) is 0 Å². The summed E-state index contributed by atoms with van der Waals surface area (Å²) in [5.74, 6) is 1.71. The second kappa shape index (κ2) is 9.14. The topological polar surface area (TPSA) is 28.3 Å². The molecule has 184 valence electrons. The smallest absolute Gasteiger partial charge is 0.145 e. The van der Waals surface area contributed by atoms with Gasteiger partial charge in [0.05, 0.1) is 25.3 Å². The molecular weight excluding hydrogens is 475 g/mol. The number of hydrogen-bond acceptors (Lipinski definition) is 2. The van der Waals surface area contributed by atoms with Gasteiger partial charge in [-0.2, -0.15) is 0 Å². The van der Waals surface area contributed by atoms with E-state index in [9.17, 15) is 0 Å². The first-order valence-electron chi connectivity index (χ1n) is 12.4. The second-order valence-electron chi connectivity index (χ2n) is 9.34. The Morgan fingerprint density at radius 2 is 0.919 bits per heavy atom. The van der Waals surface area contributed by atoms with E-state index >= 15 is 0 Å². The molecule has 2 aromatic heterocycles. The molecule has 37 heavy (non-hydrogen) atoms. The Morgan fingerprint density at radius 1 is 0.514 bits per heavy atom. The average Bonchev–Trinajstić information content (AvgIpc) is 3.53. The Bertz CT molecular complexity index is 1580. The van der Waals surface area contributed by atoms with Crippen molar-refractivity contribution in [3.05, 3.63) is 109 Å². The number of aromatic nitrogens is 2. The van der Waals surface area contributed by atoms with Gasteiger partial charge in [-0.3, -0.25) is 0 Å². The van der Waals surface area contributed by atoms with Gasteiger partial charge < -0.3 is 18.6 Å². The molecule has 0 saturated heterocycles. The maximum atomic E-state index is 5.57. The van der Waals surface area contributed by atoms with E-state index in [-0.39, 0.29) is 0 Å². The van der Waals surface area contributed by atoms with Crippen molar-refractivity contribution in [3.63, 3.8) is 0 Å². The molecule has 0 N–H and O–H groups in total. The zero-order chi connectivity index (χ0) is 25.6. The first-order valence-corrected chi connectivity index (χ1v) is 14.1. The summed E-state index contributed by atoms with van der Waals surface area (Å²) in [6.07, 6.45) is 4.32. The van der Waals surface area contributed by atoms with Crippen LogP contribution in [0.2, 0.25) is 0 Å². The number of nitrogens with zero attached hydrogens (tertiary/aromatic N) is 2. The van der Waals surface area contributed by atoms with E-state index in [2.05, 4.69) is 133 Å². The van der Waals surface area contributed by atoms with Crippen molar-refractivity contribution < 1.29 is 9.47 Å². The summed E-state index contributed by atoms with van der Waals surface area (Å²) in [7, 11) is 5.30. The zero-order valence-corrected chi connectivity index (χ0v) is 22.4. The van der Waals surface area contributed by atoms with Crippen LogP contribution < -0.4 is 30.7 Å². The average molecular weight is 506 g/mol. The molecule has 0 saturated carbocycles. The Kier molecular flexibility index (Phi) is 5.78. The van der Waals surface area contributed by atoms with Crippen LogP contribution in [0, 0.1) is 0 Å². The monoisotopic (exact) mass is 505 g/mol. The molecule has 4 aromatic carbocycles. The van der Waals surface area contributed by atoms with Crippen molar-refractivity contribution in [2.24, 2.45) is 14.1 Å². The van der Waals surface area contributed by atoms with E-state index in [1.54, 1.807) is 14.2 Å². The van der Waals surface area contributed by atoms with Crippen LogP contribution in [-0.4, -0.2) is 23.4 Å². The van der Waals surface area contributed by atoms with Gasteiger partial charge in [0.1, 0.15) is 40.0 Å². The molecule has 0 bridgehead atoms. The standard InChI is InChI=1S/C32H30N2O2P/c1-33-21-19-27-29(33)7-5-9-31(27)37(25-15-11-23(35-3)12-16-25,26-17-13-24(36-4)14-18-26)32-10-6-8-30-28(32)20-22-34(30)2/h5-22H,1-4H3/q+1. The summed E-state index contributed by atoms with van der Waals surface area (Å²) in [5, 5.41) is 7.81. The molecule has 0 aliphatic heterocycles. The van der Waals surface area contributed by atoms with Crippen molar-refractivity contribution >= 4 is 50.3 Å². The number of hydrogen-bond donors (Lipinski definition) is 0. The highest BCUT2D eigenvalue weighted by Crippen LogP contribution is 2.57. The molecular formula is C32H30N2O2P+. The number of rotatable bonds is 6. The summed E-state index contributed by atoms with van der Waals surface area (Å²) in [5.41, 5.74) is 2.45. The van der Waals surface area contributed by atoms with Gasteiger partial charge in [0, 0.05) is 37.3 Å². The molecule has 0 aliphatic rings. The maximum absolute atomic E-state index is 5.57. The highest BCUT2D eigenvalue weighted by Gasteiger charge is 2.50.